The second-order valence-corrected chi connectivity index (χ2v) is 5.99. The number of carbonyl (C=O) groups is 1. The molecule has 2 aromatic carbocycles. The van der Waals surface area contributed by atoms with Gasteiger partial charge in [-0.1, -0.05) is 29.3 Å². The maximum Gasteiger partial charge on any atom is 0.255 e. The third kappa shape index (κ3) is 4.71. The molecule has 0 aliphatic rings. The van der Waals surface area contributed by atoms with Crippen molar-refractivity contribution in [1.29, 1.82) is 0 Å². The van der Waals surface area contributed by atoms with Crippen molar-refractivity contribution in [2.24, 2.45) is 0 Å². The van der Waals surface area contributed by atoms with E-state index >= 15 is 0 Å². The summed E-state index contributed by atoms with van der Waals surface area (Å²) in [5, 5.41) is 4.00. The molecule has 0 unspecified atom stereocenters. The van der Waals surface area contributed by atoms with E-state index in [2.05, 4.69) is 5.32 Å². The normalized spacial score (nSPS) is 10.3. The molecule has 25 heavy (non-hydrogen) atoms. The molecular formula is C18H19Cl2NO4. The first-order chi connectivity index (χ1) is 12.0. The Hall–Kier alpha value is -2.11. The molecule has 2 rings (SSSR count). The third-order valence-electron chi connectivity index (χ3n) is 3.65. The molecule has 0 aromatic heterocycles. The van der Waals surface area contributed by atoms with Crippen LogP contribution in [0.25, 0.3) is 0 Å². The predicted molar refractivity (Wildman–Crippen MR) is 98.6 cm³/mol. The van der Waals surface area contributed by atoms with Gasteiger partial charge in [-0.05, 0) is 24.1 Å². The van der Waals surface area contributed by atoms with Crippen molar-refractivity contribution in [1.82, 2.24) is 5.32 Å². The average molecular weight is 384 g/mol. The molecule has 1 amide bonds. The Kier molecular flexibility index (Phi) is 6.79. The Labute approximate surface area is 156 Å². The fraction of sp³-hybridized carbons (Fsp3) is 0.278. The van der Waals surface area contributed by atoms with Gasteiger partial charge in [-0.25, -0.2) is 0 Å². The summed E-state index contributed by atoms with van der Waals surface area (Å²) in [5.74, 6) is 1.07. The minimum Gasteiger partial charge on any atom is -0.496 e. The Morgan fingerprint density at radius 3 is 2.20 bits per heavy atom. The molecule has 0 aliphatic carbocycles. The fourth-order valence-corrected chi connectivity index (χ4v) is 2.84. The zero-order valence-electron chi connectivity index (χ0n) is 14.2. The number of halogens is 2. The van der Waals surface area contributed by atoms with Crippen LogP contribution in [0.4, 0.5) is 0 Å². The van der Waals surface area contributed by atoms with E-state index in [1.54, 1.807) is 24.3 Å². The van der Waals surface area contributed by atoms with Gasteiger partial charge in [0, 0.05) is 28.7 Å². The smallest absolute Gasteiger partial charge is 0.255 e. The molecule has 0 saturated heterocycles. The molecule has 0 spiro atoms. The number of hydrogen-bond acceptors (Lipinski definition) is 4. The first-order valence-corrected chi connectivity index (χ1v) is 8.27. The van der Waals surface area contributed by atoms with Crippen LogP contribution in [0.3, 0.4) is 0 Å². The first-order valence-electron chi connectivity index (χ1n) is 7.52. The minimum absolute atomic E-state index is 0.275. The maximum atomic E-state index is 12.5. The van der Waals surface area contributed by atoms with Crippen LogP contribution in [0.5, 0.6) is 17.2 Å². The SMILES string of the molecule is COc1cc(OC)c(C(=O)NCCc2ccc(Cl)cc2Cl)cc1OC. The average Bonchev–Trinajstić information content (AvgIpc) is 2.62. The van der Waals surface area contributed by atoms with Crippen LogP contribution in [0.15, 0.2) is 30.3 Å². The van der Waals surface area contributed by atoms with Crippen LogP contribution in [-0.4, -0.2) is 33.8 Å². The molecule has 1 N–H and O–H groups in total. The number of methoxy groups -OCH3 is 3. The van der Waals surface area contributed by atoms with Crippen LogP contribution in [-0.2, 0) is 6.42 Å². The number of amides is 1. The van der Waals surface area contributed by atoms with Gasteiger partial charge < -0.3 is 19.5 Å². The lowest BCUT2D eigenvalue weighted by Gasteiger charge is -2.14. The molecule has 0 atom stereocenters. The number of rotatable bonds is 7. The maximum absolute atomic E-state index is 12.5. The molecule has 0 aliphatic heterocycles. The fourth-order valence-electron chi connectivity index (χ4n) is 2.34. The van der Waals surface area contributed by atoms with Crippen LogP contribution >= 0.6 is 23.2 Å². The monoisotopic (exact) mass is 383 g/mol. The lowest BCUT2D eigenvalue weighted by Crippen LogP contribution is -2.26. The second kappa shape index (κ2) is 8.83. The molecule has 0 fully saturated rings. The van der Waals surface area contributed by atoms with Crippen LogP contribution in [0.2, 0.25) is 10.0 Å². The molecular weight excluding hydrogens is 365 g/mol. The molecule has 2 aromatic rings. The number of carbonyl (C=O) groups excluding carboxylic acids is 1. The van der Waals surface area contributed by atoms with Crippen molar-refractivity contribution < 1.29 is 19.0 Å². The van der Waals surface area contributed by atoms with E-state index in [-0.39, 0.29) is 5.91 Å². The summed E-state index contributed by atoms with van der Waals surface area (Å²) < 4.78 is 15.7. The highest BCUT2D eigenvalue weighted by molar-refractivity contribution is 6.35. The van der Waals surface area contributed by atoms with Crippen LogP contribution in [0, 0.1) is 0 Å². The molecule has 134 valence electrons. The van der Waals surface area contributed by atoms with Crippen molar-refractivity contribution in [3.05, 3.63) is 51.5 Å². The van der Waals surface area contributed by atoms with Crippen molar-refractivity contribution in [2.75, 3.05) is 27.9 Å². The summed E-state index contributed by atoms with van der Waals surface area (Å²) in [6.45, 7) is 0.414. The van der Waals surface area contributed by atoms with Crippen molar-refractivity contribution in [3.8, 4) is 17.2 Å². The number of hydrogen-bond donors (Lipinski definition) is 1. The quantitative estimate of drug-likeness (QED) is 0.784. The van der Waals surface area contributed by atoms with E-state index < -0.39 is 0 Å². The third-order valence-corrected chi connectivity index (χ3v) is 4.23. The van der Waals surface area contributed by atoms with Gasteiger partial charge in [-0.3, -0.25) is 4.79 Å². The van der Waals surface area contributed by atoms with Gasteiger partial charge in [0.25, 0.3) is 5.91 Å². The van der Waals surface area contributed by atoms with Gasteiger partial charge in [0.05, 0.1) is 26.9 Å². The van der Waals surface area contributed by atoms with Crippen molar-refractivity contribution in [3.63, 3.8) is 0 Å². The summed E-state index contributed by atoms with van der Waals surface area (Å²) >= 11 is 12.0. The van der Waals surface area contributed by atoms with E-state index in [9.17, 15) is 4.79 Å². The highest BCUT2D eigenvalue weighted by atomic mass is 35.5. The highest BCUT2D eigenvalue weighted by Crippen LogP contribution is 2.34. The molecule has 0 bridgehead atoms. The van der Waals surface area contributed by atoms with Gasteiger partial charge in [-0.2, -0.15) is 0 Å². The van der Waals surface area contributed by atoms with Gasteiger partial charge in [-0.15, -0.1) is 0 Å². The van der Waals surface area contributed by atoms with E-state index in [0.717, 1.165) is 5.56 Å². The summed E-state index contributed by atoms with van der Waals surface area (Å²) in [7, 11) is 4.52. The topological polar surface area (TPSA) is 56.8 Å². The van der Waals surface area contributed by atoms with Gasteiger partial charge in [0.1, 0.15) is 5.75 Å². The Morgan fingerprint density at radius 2 is 1.60 bits per heavy atom. The summed E-state index contributed by atoms with van der Waals surface area (Å²) in [6, 6.07) is 8.49. The van der Waals surface area contributed by atoms with Crippen LogP contribution < -0.4 is 19.5 Å². The number of benzene rings is 2. The Bertz CT molecular complexity index is 765. The van der Waals surface area contributed by atoms with Gasteiger partial charge >= 0.3 is 0 Å². The van der Waals surface area contributed by atoms with Crippen molar-refractivity contribution in [2.45, 2.75) is 6.42 Å². The molecule has 0 heterocycles. The summed E-state index contributed by atoms with van der Waals surface area (Å²) in [6.07, 6.45) is 0.581. The highest BCUT2D eigenvalue weighted by Gasteiger charge is 2.17. The molecule has 7 heteroatoms. The predicted octanol–water partition coefficient (Wildman–Crippen LogP) is 3.99. The standard InChI is InChI=1S/C18H19Cl2NO4/c1-23-15-10-17(25-3)16(24-2)9-13(15)18(22)21-7-6-11-4-5-12(19)8-14(11)20/h4-5,8-10H,6-7H2,1-3H3,(H,21,22). The Morgan fingerprint density at radius 1 is 0.960 bits per heavy atom. The van der Waals surface area contributed by atoms with Crippen molar-refractivity contribution >= 4 is 29.1 Å². The molecule has 0 saturated carbocycles. The van der Waals surface area contributed by atoms with E-state index in [4.69, 9.17) is 37.4 Å². The van der Waals surface area contributed by atoms with Crippen LogP contribution in [0.1, 0.15) is 15.9 Å². The summed E-state index contributed by atoms with van der Waals surface area (Å²) in [5.41, 5.74) is 1.27. The lowest BCUT2D eigenvalue weighted by molar-refractivity contribution is 0.0950. The Balaban J connectivity index is 2.09. The lowest BCUT2D eigenvalue weighted by atomic mass is 10.1. The number of nitrogens with one attached hydrogen (secondary N) is 1. The zero-order valence-corrected chi connectivity index (χ0v) is 15.7. The summed E-state index contributed by atoms with van der Waals surface area (Å²) in [4.78, 5) is 12.5. The van der Waals surface area contributed by atoms with E-state index in [0.29, 0.717) is 45.8 Å². The van der Waals surface area contributed by atoms with E-state index in [1.807, 2.05) is 6.07 Å². The van der Waals surface area contributed by atoms with E-state index in [1.165, 1.54) is 21.3 Å². The molecule has 0 radical (unpaired) electrons. The number of ether oxygens (including phenoxy) is 3. The first kappa shape index (κ1) is 19.2. The van der Waals surface area contributed by atoms with Gasteiger partial charge in [0.2, 0.25) is 0 Å². The molecule has 5 nitrogen and oxygen atoms in total. The zero-order chi connectivity index (χ0) is 18.4. The second-order valence-electron chi connectivity index (χ2n) is 5.15. The van der Waals surface area contributed by atoms with Gasteiger partial charge in [0.15, 0.2) is 11.5 Å². The largest absolute Gasteiger partial charge is 0.496 e. The minimum atomic E-state index is -0.275.